The van der Waals surface area contributed by atoms with Crippen molar-refractivity contribution in [1.29, 1.82) is 0 Å². The lowest BCUT2D eigenvalue weighted by molar-refractivity contribution is -0.0289. The minimum atomic E-state index is 0.795. The number of hydrogen-bond donors (Lipinski definition) is 0. The van der Waals surface area contributed by atoms with Gasteiger partial charge in [0.15, 0.2) is 0 Å². The Balaban J connectivity index is 1.67. The van der Waals surface area contributed by atoms with Crippen LogP contribution in [0.2, 0.25) is 0 Å². The van der Waals surface area contributed by atoms with Crippen LogP contribution in [-0.4, -0.2) is 47.6 Å². The van der Waals surface area contributed by atoms with Crippen molar-refractivity contribution in [2.75, 3.05) is 19.6 Å². The molecule has 0 spiro atoms. The number of nitrogens with zero attached hydrogens (tertiary/aromatic N) is 2. The van der Waals surface area contributed by atoms with Crippen LogP contribution in [0.1, 0.15) is 59.3 Å². The molecule has 0 bridgehead atoms. The standard InChI is InChI=1S/C17H32N2/c1-13(2)17-12-18-9-5-4-6-16(18)11-19(17)14(3)10-15-7-8-15/h13-17H,4-12H2,1-3H3. The Morgan fingerprint density at radius 1 is 1.00 bits per heavy atom. The number of fused-ring (bicyclic) bond motifs is 1. The molecule has 3 fully saturated rings. The van der Waals surface area contributed by atoms with Crippen LogP contribution in [0.5, 0.6) is 0 Å². The predicted octanol–water partition coefficient (Wildman–Crippen LogP) is 3.37. The second-order valence-corrected chi connectivity index (χ2v) is 7.68. The molecule has 0 radical (unpaired) electrons. The van der Waals surface area contributed by atoms with Gasteiger partial charge in [-0.1, -0.05) is 33.1 Å². The van der Waals surface area contributed by atoms with E-state index in [0.29, 0.717) is 0 Å². The topological polar surface area (TPSA) is 6.48 Å². The third kappa shape index (κ3) is 3.16. The van der Waals surface area contributed by atoms with Crippen molar-refractivity contribution in [2.45, 2.75) is 77.4 Å². The van der Waals surface area contributed by atoms with Crippen molar-refractivity contribution in [2.24, 2.45) is 11.8 Å². The minimum Gasteiger partial charge on any atom is -0.298 e. The molecule has 2 aliphatic heterocycles. The summed E-state index contributed by atoms with van der Waals surface area (Å²) in [5, 5.41) is 0. The van der Waals surface area contributed by atoms with Gasteiger partial charge in [-0.2, -0.15) is 0 Å². The summed E-state index contributed by atoms with van der Waals surface area (Å²) in [6.45, 7) is 11.4. The first-order valence-electron chi connectivity index (χ1n) is 8.65. The highest BCUT2D eigenvalue weighted by Crippen LogP contribution is 2.37. The quantitative estimate of drug-likeness (QED) is 0.768. The Labute approximate surface area is 119 Å². The van der Waals surface area contributed by atoms with E-state index < -0.39 is 0 Å². The summed E-state index contributed by atoms with van der Waals surface area (Å²) in [5.41, 5.74) is 0. The van der Waals surface area contributed by atoms with Gasteiger partial charge in [0.05, 0.1) is 0 Å². The molecule has 1 aliphatic carbocycles. The molecule has 0 aromatic rings. The molecule has 19 heavy (non-hydrogen) atoms. The average molecular weight is 264 g/mol. The Kier molecular flexibility index (Phi) is 4.19. The summed E-state index contributed by atoms with van der Waals surface area (Å²) in [5.74, 6) is 1.86. The van der Waals surface area contributed by atoms with Crippen LogP contribution in [0.3, 0.4) is 0 Å². The highest BCUT2D eigenvalue weighted by atomic mass is 15.3. The summed E-state index contributed by atoms with van der Waals surface area (Å²) < 4.78 is 0. The van der Waals surface area contributed by atoms with E-state index in [0.717, 1.165) is 30.0 Å². The first-order valence-corrected chi connectivity index (χ1v) is 8.65. The molecular weight excluding hydrogens is 232 g/mol. The van der Waals surface area contributed by atoms with Crippen molar-refractivity contribution in [3.63, 3.8) is 0 Å². The highest BCUT2D eigenvalue weighted by Gasteiger charge is 2.39. The Hall–Kier alpha value is -0.0800. The van der Waals surface area contributed by atoms with E-state index in [9.17, 15) is 0 Å². The number of rotatable bonds is 4. The van der Waals surface area contributed by atoms with Gasteiger partial charge in [-0.25, -0.2) is 0 Å². The van der Waals surface area contributed by atoms with Crippen LogP contribution < -0.4 is 0 Å². The fourth-order valence-electron chi connectivity index (χ4n) is 4.30. The van der Waals surface area contributed by atoms with Crippen molar-refractivity contribution in [3.05, 3.63) is 0 Å². The minimum absolute atomic E-state index is 0.795. The van der Waals surface area contributed by atoms with E-state index >= 15 is 0 Å². The zero-order valence-electron chi connectivity index (χ0n) is 13.1. The monoisotopic (exact) mass is 264 g/mol. The molecule has 3 rings (SSSR count). The molecular formula is C17H32N2. The lowest BCUT2D eigenvalue weighted by Crippen LogP contribution is -2.62. The van der Waals surface area contributed by atoms with Crippen molar-refractivity contribution in [3.8, 4) is 0 Å². The molecule has 110 valence electrons. The van der Waals surface area contributed by atoms with Gasteiger partial charge >= 0.3 is 0 Å². The summed E-state index contributed by atoms with van der Waals surface area (Å²) in [4.78, 5) is 5.68. The van der Waals surface area contributed by atoms with E-state index in [1.54, 1.807) is 0 Å². The molecule has 2 saturated heterocycles. The number of hydrogen-bond acceptors (Lipinski definition) is 2. The molecule has 3 aliphatic rings. The van der Waals surface area contributed by atoms with Gasteiger partial charge in [-0.3, -0.25) is 9.80 Å². The SMILES string of the molecule is CC(C)C1CN2CCCCC2CN1C(C)CC1CC1. The van der Waals surface area contributed by atoms with Crippen LogP contribution in [0.4, 0.5) is 0 Å². The van der Waals surface area contributed by atoms with Gasteiger partial charge in [0, 0.05) is 31.2 Å². The van der Waals surface area contributed by atoms with Crippen LogP contribution in [0.25, 0.3) is 0 Å². The molecule has 0 aromatic carbocycles. The zero-order chi connectivity index (χ0) is 13.4. The van der Waals surface area contributed by atoms with Gasteiger partial charge in [0.2, 0.25) is 0 Å². The predicted molar refractivity (Wildman–Crippen MR) is 81.3 cm³/mol. The second-order valence-electron chi connectivity index (χ2n) is 7.68. The molecule has 2 heterocycles. The fourth-order valence-corrected chi connectivity index (χ4v) is 4.30. The highest BCUT2D eigenvalue weighted by molar-refractivity contribution is 4.94. The number of piperazine rings is 1. The Morgan fingerprint density at radius 3 is 2.47 bits per heavy atom. The van der Waals surface area contributed by atoms with Crippen LogP contribution in [0, 0.1) is 11.8 Å². The third-order valence-corrected chi connectivity index (χ3v) is 5.73. The van der Waals surface area contributed by atoms with Gasteiger partial charge in [-0.15, -0.1) is 0 Å². The van der Waals surface area contributed by atoms with Gasteiger partial charge < -0.3 is 0 Å². The molecule has 2 nitrogen and oxygen atoms in total. The van der Waals surface area contributed by atoms with Gasteiger partial charge in [-0.05, 0) is 44.6 Å². The average Bonchev–Trinajstić information content (AvgIpc) is 3.21. The second kappa shape index (κ2) is 5.73. The summed E-state index contributed by atoms with van der Waals surface area (Å²) in [7, 11) is 0. The third-order valence-electron chi connectivity index (χ3n) is 5.73. The van der Waals surface area contributed by atoms with Crippen molar-refractivity contribution < 1.29 is 0 Å². The van der Waals surface area contributed by atoms with E-state index in [4.69, 9.17) is 0 Å². The first kappa shape index (κ1) is 13.9. The zero-order valence-corrected chi connectivity index (χ0v) is 13.1. The normalized spacial score (nSPS) is 35.4. The summed E-state index contributed by atoms with van der Waals surface area (Å²) in [6, 6.07) is 2.47. The van der Waals surface area contributed by atoms with Gasteiger partial charge in [0.1, 0.15) is 0 Å². The maximum Gasteiger partial charge on any atom is 0.0249 e. The summed E-state index contributed by atoms with van der Waals surface area (Å²) in [6.07, 6.45) is 8.78. The molecule has 2 heteroatoms. The Bertz CT molecular complexity index is 298. The summed E-state index contributed by atoms with van der Waals surface area (Å²) >= 11 is 0. The number of piperidine rings is 1. The maximum atomic E-state index is 2.88. The van der Waals surface area contributed by atoms with Crippen LogP contribution in [0.15, 0.2) is 0 Å². The van der Waals surface area contributed by atoms with E-state index in [1.807, 2.05) is 0 Å². The molecule has 0 aromatic heterocycles. The molecule has 0 amide bonds. The Morgan fingerprint density at radius 2 is 1.79 bits per heavy atom. The van der Waals surface area contributed by atoms with Gasteiger partial charge in [0.25, 0.3) is 0 Å². The van der Waals surface area contributed by atoms with E-state index in [2.05, 4.69) is 30.6 Å². The maximum absolute atomic E-state index is 2.88. The largest absolute Gasteiger partial charge is 0.298 e. The van der Waals surface area contributed by atoms with Crippen LogP contribution in [-0.2, 0) is 0 Å². The van der Waals surface area contributed by atoms with E-state index in [1.165, 1.54) is 58.2 Å². The molecule has 3 atom stereocenters. The molecule has 1 saturated carbocycles. The molecule has 3 unspecified atom stereocenters. The lowest BCUT2D eigenvalue weighted by Gasteiger charge is -2.52. The van der Waals surface area contributed by atoms with E-state index in [-0.39, 0.29) is 0 Å². The van der Waals surface area contributed by atoms with Crippen LogP contribution >= 0.6 is 0 Å². The first-order chi connectivity index (χ1) is 9.15. The fraction of sp³-hybridized carbons (Fsp3) is 1.00. The van der Waals surface area contributed by atoms with Crippen molar-refractivity contribution in [1.82, 2.24) is 9.80 Å². The molecule has 0 N–H and O–H groups in total. The smallest absolute Gasteiger partial charge is 0.0249 e. The lowest BCUT2D eigenvalue weighted by atomic mass is 9.90. The van der Waals surface area contributed by atoms with Crippen molar-refractivity contribution >= 4 is 0 Å².